The maximum absolute atomic E-state index is 12.8. The van der Waals surface area contributed by atoms with Crippen LogP contribution in [0.2, 0.25) is 0 Å². The summed E-state index contributed by atoms with van der Waals surface area (Å²) in [7, 11) is 0. The standard InChI is InChI=1S/C33H57N3O13/c1-24(2)31(42)34-13-8-16-46-28(39)21-44-20-26(37)11-18-49-36(27(38)10-12-33(5,6)7)15-19-48-30(41)23-45-22-29(40)47-17-9-14-35-32(43)25(3)4/h24-25H,8-23H2,1-7H3,(H,34,42)(H,35,43). The summed E-state index contributed by atoms with van der Waals surface area (Å²) in [5.41, 5.74) is -0.117. The van der Waals surface area contributed by atoms with E-state index in [0.717, 1.165) is 5.06 Å². The predicted molar refractivity (Wildman–Crippen MR) is 175 cm³/mol. The number of Topliss-reactive ketones (excluding diaryl/α,β-unsaturated/α-hetero) is 1. The lowest BCUT2D eigenvalue weighted by molar-refractivity contribution is -0.193. The number of rotatable bonds is 27. The largest absolute Gasteiger partial charge is 0.464 e. The number of esters is 3. The van der Waals surface area contributed by atoms with Crippen molar-refractivity contribution in [3.63, 3.8) is 0 Å². The van der Waals surface area contributed by atoms with Crippen LogP contribution in [0.4, 0.5) is 0 Å². The molecule has 0 rings (SSSR count). The maximum atomic E-state index is 12.8. The lowest BCUT2D eigenvalue weighted by atomic mass is 9.90. The first-order valence-electron chi connectivity index (χ1n) is 16.6. The van der Waals surface area contributed by atoms with Gasteiger partial charge in [0, 0.05) is 37.8 Å². The van der Waals surface area contributed by atoms with Crippen LogP contribution in [0.3, 0.4) is 0 Å². The highest BCUT2D eigenvalue weighted by Crippen LogP contribution is 2.21. The monoisotopic (exact) mass is 703 g/mol. The van der Waals surface area contributed by atoms with Crippen LogP contribution in [-0.2, 0) is 62.1 Å². The molecular weight excluding hydrogens is 646 g/mol. The lowest BCUT2D eigenvalue weighted by Gasteiger charge is -2.24. The molecule has 16 nitrogen and oxygen atoms in total. The van der Waals surface area contributed by atoms with Crippen LogP contribution >= 0.6 is 0 Å². The number of hydrogen-bond acceptors (Lipinski definition) is 13. The molecule has 0 aromatic rings. The topological polar surface area (TPSA) is 202 Å². The summed E-state index contributed by atoms with van der Waals surface area (Å²) in [6.45, 7) is 11.7. The first kappa shape index (κ1) is 45.4. The van der Waals surface area contributed by atoms with Gasteiger partial charge in [0.2, 0.25) is 17.7 Å². The smallest absolute Gasteiger partial charge is 0.332 e. The van der Waals surface area contributed by atoms with Gasteiger partial charge in [0.25, 0.3) is 0 Å². The lowest BCUT2D eigenvalue weighted by Crippen LogP contribution is -2.36. The van der Waals surface area contributed by atoms with Crippen LogP contribution in [0.25, 0.3) is 0 Å². The molecule has 0 bridgehead atoms. The molecule has 0 spiro atoms. The molecule has 16 heteroatoms. The first-order valence-corrected chi connectivity index (χ1v) is 16.6. The molecule has 3 amide bonds. The molecule has 0 unspecified atom stereocenters. The van der Waals surface area contributed by atoms with Crippen molar-refractivity contribution in [3.05, 3.63) is 0 Å². The molecule has 0 fully saturated rings. The van der Waals surface area contributed by atoms with E-state index in [2.05, 4.69) is 10.6 Å². The number of nitrogens with zero attached hydrogens (tertiary/aromatic N) is 1. The van der Waals surface area contributed by atoms with Gasteiger partial charge in [0.05, 0.1) is 26.4 Å². The molecule has 0 aromatic carbocycles. The van der Waals surface area contributed by atoms with Gasteiger partial charge in [-0.25, -0.2) is 19.4 Å². The van der Waals surface area contributed by atoms with E-state index in [1.165, 1.54) is 0 Å². The van der Waals surface area contributed by atoms with Gasteiger partial charge in [0.15, 0.2) is 5.78 Å². The van der Waals surface area contributed by atoms with Crippen molar-refractivity contribution in [1.29, 1.82) is 0 Å². The normalized spacial score (nSPS) is 11.2. The average molecular weight is 704 g/mol. The Balaban J connectivity index is 4.39. The Bertz CT molecular complexity index is 975. The Kier molecular flexibility index (Phi) is 24.3. The minimum absolute atomic E-state index is 0.0833. The minimum Gasteiger partial charge on any atom is -0.464 e. The fourth-order valence-corrected chi connectivity index (χ4v) is 3.39. The number of amides is 3. The third kappa shape index (κ3) is 26.9. The molecular formula is C33H57N3O13. The fraction of sp³-hybridized carbons (Fsp3) is 0.788. The van der Waals surface area contributed by atoms with Gasteiger partial charge in [-0.15, -0.1) is 0 Å². The highest BCUT2D eigenvalue weighted by atomic mass is 16.7. The Morgan fingerprint density at radius 3 is 1.51 bits per heavy atom. The molecule has 49 heavy (non-hydrogen) atoms. The molecule has 0 atom stereocenters. The summed E-state index contributed by atoms with van der Waals surface area (Å²) in [6, 6.07) is 0. The SMILES string of the molecule is CC(C)C(=O)NCCCOC(=O)COCC(=O)CCON(CCOC(=O)COCC(=O)OCCCNC(=O)C(C)C)C(=O)CCC(C)(C)C. The second-order valence-electron chi connectivity index (χ2n) is 12.9. The number of hydroxylamine groups is 2. The zero-order valence-corrected chi connectivity index (χ0v) is 30.2. The van der Waals surface area contributed by atoms with Crippen molar-refractivity contribution >= 4 is 41.4 Å². The first-order chi connectivity index (χ1) is 23.0. The second-order valence-corrected chi connectivity index (χ2v) is 12.9. The molecule has 0 aromatic heterocycles. The van der Waals surface area contributed by atoms with Crippen molar-refractivity contribution in [2.45, 2.75) is 80.6 Å². The van der Waals surface area contributed by atoms with E-state index in [1.807, 2.05) is 20.8 Å². The van der Waals surface area contributed by atoms with Crippen LogP contribution in [0, 0.1) is 17.3 Å². The summed E-state index contributed by atoms with van der Waals surface area (Å²) in [5, 5.41) is 6.45. The quantitative estimate of drug-likeness (QED) is 0.0540. The summed E-state index contributed by atoms with van der Waals surface area (Å²) in [5.74, 6) is -3.26. The van der Waals surface area contributed by atoms with E-state index in [9.17, 15) is 33.6 Å². The van der Waals surface area contributed by atoms with Gasteiger partial charge in [-0.3, -0.25) is 24.0 Å². The number of carbonyl (C=O) groups excluding carboxylic acids is 7. The molecule has 0 aliphatic heterocycles. The molecule has 0 saturated heterocycles. The third-order valence-corrected chi connectivity index (χ3v) is 6.29. The Morgan fingerprint density at radius 1 is 0.612 bits per heavy atom. The van der Waals surface area contributed by atoms with E-state index < -0.39 is 37.7 Å². The molecule has 0 aliphatic rings. The zero-order valence-electron chi connectivity index (χ0n) is 30.2. The van der Waals surface area contributed by atoms with E-state index in [-0.39, 0.29) is 93.2 Å². The van der Waals surface area contributed by atoms with Crippen LogP contribution in [0.5, 0.6) is 0 Å². The van der Waals surface area contributed by atoms with Crippen molar-refractivity contribution in [2.24, 2.45) is 17.3 Å². The number of ketones is 1. The van der Waals surface area contributed by atoms with E-state index >= 15 is 0 Å². The maximum Gasteiger partial charge on any atom is 0.332 e. The fourth-order valence-electron chi connectivity index (χ4n) is 3.39. The number of ether oxygens (including phenoxy) is 5. The van der Waals surface area contributed by atoms with Crippen LogP contribution in [0.15, 0.2) is 0 Å². The summed E-state index contributed by atoms with van der Waals surface area (Å²) in [6.07, 6.45) is 1.50. The zero-order chi connectivity index (χ0) is 37.2. The van der Waals surface area contributed by atoms with Gasteiger partial charge in [-0.1, -0.05) is 48.5 Å². The molecule has 0 radical (unpaired) electrons. The van der Waals surface area contributed by atoms with E-state index in [0.29, 0.717) is 32.4 Å². The van der Waals surface area contributed by atoms with Crippen molar-refractivity contribution in [2.75, 3.05) is 72.5 Å². The molecule has 0 heterocycles. The van der Waals surface area contributed by atoms with Crippen LogP contribution in [-0.4, -0.2) is 119 Å². The number of nitrogens with one attached hydrogen (secondary N) is 2. The van der Waals surface area contributed by atoms with Gasteiger partial charge in [-0.05, 0) is 24.7 Å². The molecule has 0 aliphatic carbocycles. The van der Waals surface area contributed by atoms with Crippen molar-refractivity contribution in [3.8, 4) is 0 Å². The van der Waals surface area contributed by atoms with Gasteiger partial charge >= 0.3 is 17.9 Å². The number of carbonyl (C=O) groups is 7. The Morgan fingerprint density at radius 2 is 1.06 bits per heavy atom. The van der Waals surface area contributed by atoms with Crippen LogP contribution in [0.1, 0.15) is 80.6 Å². The highest BCUT2D eigenvalue weighted by molar-refractivity contribution is 5.80. The minimum atomic E-state index is -0.768. The van der Waals surface area contributed by atoms with Crippen molar-refractivity contribution < 1.29 is 62.1 Å². The molecule has 0 saturated carbocycles. The second kappa shape index (κ2) is 26.3. The summed E-state index contributed by atoms with van der Waals surface area (Å²) in [4.78, 5) is 89.1. The van der Waals surface area contributed by atoms with Crippen LogP contribution < -0.4 is 10.6 Å². The van der Waals surface area contributed by atoms with E-state index in [1.54, 1.807) is 27.7 Å². The average Bonchev–Trinajstić information content (AvgIpc) is 3.01. The Labute approximate surface area is 289 Å². The number of hydrogen-bond donors (Lipinski definition) is 2. The summed E-state index contributed by atoms with van der Waals surface area (Å²) >= 11 is 0. The van der Waals surface area contributed by atoms with Gasteiger partial charge in [0.1, 0.15) is 33.0 Å². The van der Waals surface area contributed by atoms with Crippen molar-refractivity contribution in [1.82, 2.24) is 15.7 Å². The van der Waals surface area contributed by atoms with Gasteiger partial charge in [-0.2, -0.15) is 0 Å². The van der Waals surface area contributed by atoms with E-state index in [4.69, 9.17) is 28.5 Å². The van der Waals surface area contributed by atoms with Gasteiger partial charge < -0.3 is 34.3 Å². The third-order valence-electron chi connectivity index (χ3n) is 6.29. The summed E-state index contributed by atoms with van der Waals surface area (Å²) < 4.78 is 25.2. The molecule has 282 valence electrons. The highest BCUT2D eigenvalue weighted by Gasteiger charge is 2.20. The molecule has 2 N–H and O–H groups in total. The predicted octanol–water partition coefficient (Wildman–Crippen LogP) is 1.52. The Hall–Kier alpha value is -3.63.